The Morgan fingerprint density at radius 3 is 2.82 bits per heavy atom. The van der Waals surface area contributed by atoms with Crippen molar-refractivity contribution in [3.05, 3.63) is 42.2 Å². The average Bonchev–Trinajstić information content (AvgIpc) is 3.31. The number of hydrogen-bond donors (Lipinski definition) is 1. The molecule has 0 radical (unpaired) electrons. The van der Waals surface area contributed by atoms with Crippen LogP contribution in [0.2, 0.25) is 0 Å². The molecule has 4 heterocycles. The van der Waals surface area contributed by atoms with Gasteiger partial charge in [0.05, 0.1) is 25.6 Å². The van der Waals surface area contributed by atoms with E-state index in [1.54, 1.807) is 0 Å². The van der Waals surface area contributed by atoms with Crippen molar-refractivity contribution in [1.29, 1.82) is 0 Å². The smallest absolute Gasteiger partial charge is 0.473 e. The van der Waals surface area contributed by atoms with Gasteiger partial charge in [-0.3, -0.25) is 18.1 Å². The highest BCUT2D eigenvalue weighted by Gasteiger charge is 2.61. The lowest BCUT2D eigenvalue weighted by atomic mass is 9.98. The lowest BCUT2D eigenvalue weighted by Crippen LogP contribution is -2.44. The van der Waals surface area contributed by atoms with Crippen LogP contribution >= 0.6 is 7.82 Å². The van der Waals surface area contributed by atoms with Crippen molar-refractivity contribution in [2.75, 3.05) is 12.3 Å². The second-order valence-corrected chi connectivity index (χ2v) is 10.2. The number of nitrogens with two attached hydrogens (primary N) is 1. The number of phosphoric ester groups is 1. The fourth-order valence-electron chi connectivity index (χ4n) is 4.02. The van der Waals surface area contributed by atoms with Crippen LogP contribution in [0.1, 0.15) is 32.6 Å². The van der Waals surface area contributed by atoms with E-state index in [1.165, 1.54) is 17.8 Å². The van der Waals surface area contributed by atoms with Crippen LogP contribution in [0.15, 0.2) is 36.7 Å². The van der Waals surface area contributed by atoms with Crippen molar-refractivity contribution < 1.29 is 32.0 Å². The summed E-state index contributed by atoms with van der Waals surface area (Å²) in [5.41, 5.74) is 5.04. The Hall–Kier alpha value is -2.63. The van der Waals surface area contributed by atoms with Crippen molar-refractivity contribution in [2.45, 2.75) is 57.6 Å². The van der Waals surface area contributed by atoms with Gasteiger partial charge in [0.2, 0.25) is 11.8 Å². The monoisotopic (exact) mass is 493 g/mol. The maximum absolute atomic E-state index is 16.2. The lowest BCUT2D eigenvalue weighted by molar-refractivity contribution is -0.0714. The fourth-order valence-corrected chi connectivity index (χ4v) is 5.48. The molecule has 0 unspecified atom stereocenters. The summed E-state index contributed by atoms with van der Waals surface area (Å²) < 4.78 is 58.6. The quantitative estimate of drug-likeness (QED) is 0.508. The number of halogens is 1. The number of aromatic nitrogens is 4. The third kappa shape index (κ3) is 4.16. The molecule has 2 aromatic heterocycles. The van der Waals surface area contributed by atoms with Gasteiger partial charge in [-0.25, -0.2) is 13.9 Å². The van der Waals surface area contributed by atoms with Gasteiger partial charge in [-0.2, -0.15) is 9.97 Å². The van der Waals surface area contributed by atoms with Crippen LogP contribution in [-0.2, 0) is 29.5 Å². The first kappa shape index (κ1) is 23.1. The zero-order chi connectivity index (χ0) is 24.1. The third-order valence-corrected chi connectivity index (χ3v) is 6.95. The molecule has 2 fully saturated rings. The number of nitrogens with zero attached hydrogens (tertiary/aromatic N) is 4. The second kappa shape index (κ2) is 8.54. The molecule has 5 rings (SSSR count). The topological polar surface area (TPSA) is 133 Å². The van der Waals surface area contributed by atoms with E-state index in [0.717, 1.165) is 5.56 Å². The van der Waals surface area contributed by atoms with E-state index < -0.39 is 31.9 Å². The summed E-state index contributed by atoms with van der Waals surface area (Å²) in [7, 11) is -4.02. The molecule has 13 heteroatoms. The molecule has 0 spiro atoms. The summed E-state index contributed by atoms with van der Waals surface area (Å²) in [6, 6.07) is 9.11. The molecule has 1 aromatic carbocycles. The van der Waals surface area contributed by atoms with E-state index in [2.05, 4.69) is 15.0 Å². The standard InChI is InChI=1S/C21H25FN5O6P/c1-12(2)31-18-15-17(25-20(23)26-18)27(11-24-15)19-21(3,22)16-14(32-19)10-30-34(28,33-16)29-9-13-7-5-4-6-8-13/h4-8,11-12,14,16,19H,9-10H2,1-3H3,(H2,23,25,26)/t14-,16-,19-,21-,34+/m1/s1. The molecular formula is C21H25FN5O6P. The molecule has 2 aliphatic heterocycles. The summed E-state index contributed by atoms with van der Waals surface area (Å²) in [6.07, 6.45) is -2.06. The maximum Gasteiger partial charge on any atom is 0.475 e. The third-order valence-electron chi connectivity index (χ3n) is 5.56. The number of benzene rings is 1. The summed E-state index contributed by atoms with van der Waals surface area (Å²) in [5.74, 6) is 0.130. The Bertz CT molecular complexity index is 1240. The molecule has 0 bridgehead atoms. The maximum atomic E-state index is 16.2. The molecule has 11 nitrogen and oxygen atoms in total. The van der Waals surface area contributed by atoms with Gasteiger partial charge < -0.3 is 15.2 Å². The number of nitrogen functional groups attached to an aromatic ring is 1. The molecule has 2 aliphatic rings. The van der Waals surface area contributed by atoms with E-state index >= 15 is 4.39 Å². The van der Waals surface area contributed by atoms with Gasteiger partial charge in [-0.15, -0.1) is 0 Å². The van der Waals surface area contributed by atoms with Crippen molar-refractivity contribution in [1.82, 2.24) is 19.5 Å². The van der Waals surface area contributed by atoms with Gasteiger partial charge in [0.1, 0.15) is 12.2 Å². The van der Waals surface area contributed by atoms with Crippen LogP contribution in [0.25, 0.3) is 11.2 Å². The van der Waals surface area contributed by atoms with Crippen LogP contribution in [0, 0.1) is 0 Å². The van der Waals surface area contributed by atoms with Gasteiger partial charge >= 0.3 is 7.82 Å². The van der Waals surface area contributed by atoms with Gasteiger partial charge in [-0.05, 0) is 26.3 Å². The molecule has 182 valence electrons. The molecule has 3 aromatic rings. The van der Waals surface area contributed by atoms with Crippen molar-refractivity contribution in [3.63, 3.8) is 0 Å². The summed E-state index contributed by atoms with van der Waals surface area (Å²) in [6.45, 7) is 4.79. The highest BCUT2D eigenvalue weighted by molar-refractivity contribution is 7.48. The average molecular weight is 493 g/mol. The number of anilines is 1. The number of imidazole rings is 1. The number of alkyl halides is 1. The Morgan fingerprint density at radius 1 is 1.32 bits per heavy atom. The highest BCUT2D eigenvalue weighted by atomic mass is 31.2. The summed E-state index contributed by atoms with van der Waals surface area (Å²) in [5, 5.41) is 0. The molecule has 34 heavy (non-hydrogen) atoms. The zero-order valence-corrected chi connectivity index (χ0v) is 19.7. The summed E-state index contributed by atoms with van der Waals surface area (Å²) >= 11 is 0. The van der Waals surface area contributed by atoms with Crippen LogP contribution in [0.3, 0.4) is 0 Å². The van der Waals surface area contributed by atoms with Crippen molar-refractivity contribution >= 4 is 24.9 Å². The molecular weight excluding hydrogens is 468 g/mol. The lowest BCUT2D eigenvalue weighted by Gasteiger charge is -2.33. The van der Waals surface area contributed by atoms with Gasteiger partial charge in [0.15, 0.2) is 23.1 Å². The number of fused-ring (bicyclic) bond motifs is 2. The Balaban J connectivity index is 1.40. The molecule has 0 amide bonds. The number of rotatable bonds is 6. The van der Waals surface area contributed by atoms with Crippen molar-refractivity contribution in [2.24, 2.45) is 0 Å². The van der Waals surface area contributed by atoms with Gasteiger partial charge in [0, 0.05) is 0 Å². The number of hydrogen-bond acceptors (Lipinski definition) is 10. The minimum atomic E-state index is -4.02. The number of ether oxygens (including phenoxy) is 2. The molecule has 5 atom stereocenters. The fraction of sp³-hybridized carbons (Fsp3) is 0.476. The second-order valence-electron chi connectivity index (χ2n) is 8.58. The highest BCUT2D eigenvalue weighted by Crippen LogP contribution is 2.60. The van der Waals surface area contributed by atoms with E-state index in [0.29, 0.717) is 5.52 Å². The minimum absolute atomic E-state index is 0.0101. The van der Waals surface area contributed by atoms with Gasteiger partial charge in [0.25, 0.3) is 0 Å². The summed E-state index contributed by atoms with van der Waals surface area (Å²) in [4.78, 5) is 12.6. The Morgan fingerprint density at radius 2 is 2.09 bits per heavy atom. The van der Waals surface area contributed by atoms with E-state index in [1.807, 2.05) is 44.2 Å². The van der Waals surface area contributed by atoms with E-state index in [-0.39, 0.29) is 36.8 Å². The zero-order valence-electron chi connectivity index (χ0n) is 18.8. The first-order chi connectivity index (χ1) is 16.2. The van der Waals surface area contributed by atoms with Crippen molar-refractivity contribution in [3.8, 4) is 5.88 Å². The minimum Gasteiger partial charge on any atom is -0.473 e. The van der Waals surface area contributed by atoms with Crippen LogP contribution in [0.5, 0.6) is 5.88 Å². The Kier molecular flexibility index (Phi) is 5.81. The Labute approximate surface area is 195 Å². The predicted octanol–water partition coefficient (Wildman–Crippen LogP) is 3.56. The normalized spacial score (nSPS) is 31.1. The van der Waals surface area contributed by atoms with Crippen LogP contribution < -0.4 is 10.5 Å². The van der Waals surface area contributed by atoms with Crippen LogP contribution in [0.4, 0.5) is 10.3 Å². The van der Waals surface area contributed by atoms with Gasteiger partial charge in [-0.1, -0.05) is 30.3 Å². The molecule has 0 aliphatic carbocycles. The largest absolute Gasteiger partial charge is 0.475 e. The van der Waals surface area contributed by atoms with E-state index in [4.69, 9.17) is 28.8 Å². The first-order valence-electron chi connectivity index (χ1n) is 10.8. The van der Waals surface area contributed by atoms with E-state index in [9.17, 15) is 4.57 Å². The molecule has 2 N–H and O–H groups in total. The molecule has 0 saturated carbocycles. The predicted molar refractivity (Wildman–Crippen MR) is 119 cm³/mol. The van der Waals surface area contributed by atoms with Crippen LogP contribution in [-0.4, -0.2) is 50.1 Å². The number of phosphoric acid groups is 1. The first-order valence-corrected chi connectivity index (χ1v) is 12.2. The molecule has 2 saturated heterocycles. The SMILES string of the molecule is CC(C)Oc1nc(N)nc2c1ncn2[C@@H]1O[C@@H]2CO[P@](=O)(OCc3ccccc3)O[C@H]2[C@@]1(C)F.